The van der Waals surface area contributed by atoms with Gasteiger partial charge in [-0.2, -0.15) is 0 Å². The zero-order chi connectivity index (χ0) is 14.7. The van der Waals surface area contributed by atoms with E-state index >= 15 is 0 Å². The second-order valence-electron chi connectivity index (χ2n) is 6.40. The van der Waals surface area contributed by atoms with Gasteiger partial charge < -0.3 is 5.11 Å². The van der Waals surface area contributed by atoms with Gasteiger partial charge in [-0.25, -0.2) is 0 Å². The first-order valence-electron chi connectivity index (χ1n) is 8.11. The molecular formula is C17H25ClN2O. The summed E-state index contributed by atoms with van der Waals surface area (Å²) in [4.78, 5) is 4.74. The molecule has 116 valence electrons. The molecule has 0 unspecified atom stereocenters. The first-order valence-corrected chi connectivity index (χ1v) is 8.48. The fraction of sp³-hybridized carbons (Fsp3) is 0.647. The Bertz CT molecular complexity index is 466. The lowest BCUT2D eigenvalue weighted by Gasteiger charge is -2.46. The van der Waals surface area contributed by atoms with E-state index in [0.29, 0.717) is 0 Å². The Balaban J connectivity index is 1.54. The van der Waals surface area contributed by atoms with Gasteiger partial charge in [-0.1, -0.05) is 36.2 Å². The average Bonchev–Trinajstić information content (AvgIpc) is 2.51. The normalized spacial score (nSPS) is 24.1. The molecule has 1 saturated carbocycles. The maximum absolute atomic E-state index is 10.8. The summed E-state index contributed by atoms with van der Waals surface area (Å²) in [6.45, 7) is 4.84. The zero-order valence-electron chi connectivity index (χ0n) is 12.6. The van der Waals surface area contributed by atoms with Crippen LogP contribution in [0.1, 0.15) is 37.7 Å². The minimum absolute atomic E-state index is 0.533. The molecular weight excluding hydrogens is 284 g/mol. The fourth-order valence-electron chi connectivity index (χ4n) is 3.62. The molecule has 1 N–H and O–H groups in total. The molecule has 21 heavy (non-hydrogen) atoms. The highest BCUT2D eigenvalue weighted by Gasteiger charge is 2.37. The Hall–Kier alpha value is -0.610. The number of halogens is 1. The summed E-state index contributed by atoms with van der Waals surface area (Å²) in [5.41, 5.74) is 0.665. The van der Waals surface area contributed by atoms with Gasteiger partial charge in [-0.05, 0) is 37.3 Å². The molecule has 2 aliphatic rings. The SMILES string of the molecule is OC1(N2CCN(Cc3ccccc3Cl)CC2)CCCCC1. The minimum atomic E-state index is -0.533. The van der Waals surface area contributed by atoms with Gasteiger partial charge in [0.15, 0.2) is 0 Å². The van der Waals surface area contributed by atoms with Crippen molar-refractivity contribution < 1.29 is 5.11 Å². The van der Waals surface area contributed by atoms with Crippen LogP contribution in [0.25, 0.3) is 0 Å². The van der Waals surface area contributed by atoms with E-state index < -0.39 is 5.72 Å². The highest BCUT2D eigenvalue weighted by atomic mass is 35.5. The molecule has 3 nitrogen and oxygen atoms in total. The van der Waals surface area contributed by atoms with Crippen molar-refractivity contribution >= 4 is 11.6 Å². The van der Waals surface area contributed by atoms with Gasteiger partial charge in [0.1, 0.15) is 5.72 Å². The van der Waals surface area contributed by atoms with E-state index in [0.717, 1.165) is 63.4 Å². The number of piperazine rings is 1. The minimum Gasteiger partial charge on any atom is -0.376 e. The van der Waals surface area contributed by atoms with Crippen molar-refractivity contribution in [3.05, 3.63) is 34.9 Å². The van der Waals surface area contributed by atoms with Gasteiger partial charge in [0.05, 0.1) is 0 Å². The van der Waals surface area contributed by atoms with Crippen LogP contribution in [0.15, 0.2) is 24.3 Å². The van der Waals surface area contributed by atoms with E-state index in [-0.39, 0.29) is 0 Å². The lowest BCUT2D eigenvalue weighted by Crippen LogP contribution is -2.57. The zero-order valence-corrected chi connectivity index (χ0v) is 13.4. The van der Waals surface area contributed by atoms with Crippen LogP contribution in [0.4, 0.5) is 0 Å². The topological polar surface area (TPSA) is 26.7 Å². The predicted octanol–water partition coefficient (Wildman–Crippen LogP) is 3.11. The Morgan fingerprint density at radius 3 is 2.33 bits per heavy atom. The van der Waals surface area contributed by atoms with Gasteiger partial charge in [0.25, 0.3) is 0 Å². The second kappa shape index (κ2) is 6.66. The van der Waals surface area contributed by atoms with Crippen LogP contribution in [0.2, 0.25) is 5.02 Å². The van der Waals surface area contributed by atoms with E-state index in [1.165, 1.54) is 12.0 Å². The molecule has 0 amide bonds. The molecule has 0 atom stereocenters. The highest BCUT2D eigenvalue weighted by Crippen LogP contribution is 2.32. The van der Waals surface area contributed by atoms with E-state index in [1.807, 2.05) is 18.2 Å². The fourth-order valence-corrected chi connectivity index (χ4v) is 3.82. The molecule has 0 bridgehead atoms. The molecule has 2 fully saturated rings. The van der Waals surface area contributed by atoms with Gasteiger partial charge in [-0.3, -0.25) is 9.80 Å². The summed E-state index contributed by atoms with van der Waals surface area (Å²) >= 11 is 6.24. The summed E-state index contributed by atoms with van der Waals surface area (Å²) in [6.07, 6.45) is 5.48. The summed E-state index contributed by atoms with van der Waals surface area (Å²) < 4.78 is 0. The predicted molar refractivity (Wildman–Crippen MR) is 86.3 cm³/mol. The van der Waals surface area contributed by atoms with Crippen molar-refractivity contribution in [1.82, 2.24) is 9.80 Å². The van der Waals surface area contributed by atoms with Gasteiger partial charge in [-0.15, -0.1) is 0 Å². The third-order valence-electron chi connectivity index (χ3n) is 4.97. The van der Waals surface area contributed by atoms with E-state index in [2.05, 4.69) is 15.9 Å². The van der Waals surface area contributed by atoms with Crippen LogP contribution in [0.5, 0.6) is 0 Å². The summed E-state index contributed by atoms with van der Waals surface area (Å²) in [6, 6.07) is 8.08. The molecule has 1 aromatic rings. The molecule has 1 aliphatic heterocycles. The number of hydrogen-bond donors (Lipinski definition) is 1. The van der Waals surface area contributed by atoms with Gasteiger partial charge >= 0.3 is 0 Å². The Morgan fingerprint density at radius 1 is 1.00 bits per heavy atom. The van der Waals surface area contributed by atoms with Gasteiger partial charge in [0, 0.05) is 37.7 Å². The largest absolute Gasteiger partial charge is 0.376 e. The van der Waals surface area contributed by atoms with E-state index in [4.69, 9.17) is 11.6 Å². The molecule has 0 spiro atoms. The third kappa shape index (κ3) is 3.59. The monoisotopic (exact) mass is 308 g/mol. The highest BCUT2D eigenvalue weighted by molar-refractivity contribution is 6.31. The van der Waals surface area contributed by atoms with Crippen LogP contribution >= 0.6 is 11.6 Å². The number of benzene rings is 1. The van der Waals surface area contributed by atoms with Crippen molar-refractivity contribution in [2.75, 3.05) is 26.2 Å². The summed E-state index contributed by atoms with van der Waals surface area (Å²) in [5.74, 6) is 0. The van der Waals surface area contributed by atoms with E-state index in [1.54, 1.807) is 0 Å². The van der Waals surface area contributed by atoms with Crippen LogP contribution in [-0.4, -0.2) is 46.8 Å². The third-order valence-corrected chi connectivity index (χ3v) is 5.34. The quantitative estimate of drug-likeness (QED) is 0.929. The maximum atomic E-state index is 10.8. The number of nitrogens with zero attached hydrogens (tertiary/aromatic N) is 2. The lowest BCUT2D eigenvalue weighted by molar-refractivity contribution is -0.145. The van der Waals surface area contributed by atoms with Crippen molar-refractivity contribution in [2.24, 2.45) is 0 Å². The first kappa shape index (κ1) is 15.3. The number of rotatable bonds is 3. The van der Waals surface area contributed by atoms with Crippen molar-refractivity contribution in [1.29, 1.82) is 0 Å². The molecule has 1 aliphatic carbocycles. The van der Waals surface area contributed by atoms with Crippen molar-refractivity contribution in [3.63, 3.8) is 0 Å². The molecule has 1 saturated heterocycles. The lowest BCUT2D eigenvalue weighted by atomic mass is 9.90. The molecule has 0 radical (unpaired) electrons. The van der Waals surface area contributed by atoms with Crippen LogP contribution < -0.4 is 0 Å². The molecule has 0 aromatic heterocycles. The van der Waals surface area contributed by atoms with Crippen molar-refractivity contribution in [2.45, 2.75) is 44.4 Å². The number of hydrogen-bond acceptors (Lipinski definition) is 3. The molecule has 1 aromatic carbocycles. The Kier molecular flexibility index (Phi) is 4.85. The summed E-state index contributed by atoms with van der Waals surface area (Å²) in [7, 11) is 0. The molecule has 4 heteroatoms. The summed E-state index contributed by atoms with van der Waals surface area (Å²) in [5, 5.41) is 11.7. The standard InChI is InChI=1S/C17H25ClN2O/c18-16-7-3-2-6-15(16)14-19-10-12-20(13-11-19)17(21)8-4-1-5-9-17/h2-3,6-7,21H,1,4-5,8-14H2. The molecule has 1 heterocycles. The smallest absolute Gasteiger partial charge is 0.118 e. The van der Waals surface area contributed by atoms with Crippen LogP contribution in [0, 0.1) is 0 Å². The Labute approximate surface area is 132 Å². The second-order valence-corrected chi connectivity index (χ2v) is 6.80. The number of aliphatic hydroxyl groups is 1. The van der Waals surface area contributed by atoms with Crippen LogP contribution in [0.3, 0.4) is 0 Å². The first-order chi connectivity index (χ1) is 10.2. The van der Waals surface area contributed by atoms with E-state index in [9.17, 15) is 5.11 Å². The van der Waals surface area contributed by atoms with Crippen molar-refractivity contribution in [3.8, 4) is 0 Å². The molecule has 3 rings (SSSR count). The maximum Gasteiger partial charge on any atom is 0.118 e. The van der Waals surface area contributed by atoms with Gasteiger partial charge in [0.2, 0.25) is 0 Å². The van der Waals surface area contributed by atoms with Crippen LogP contribution in [-0.2, 0) is 6.54 Å². The average molecular weight is 309 g/mol. The Morgan fingerprint density at radius 2 is 1.67 bits per heavy atom.